The minimum absolute atomic E-state index is 0.230. The molecule has 0 aliphatic heterocycles. The largest absolute Gasteiger partial charge is 0.377 e. The quantitative estimate of drug-likeness (QED) is 0.445. The summed E-state index contributed by atoms with van der Waals surface area (Å²) in [6.45, 7) is 13.2. The first-order chi connectivity index (χ1) is 10.3. The second-order valence-corrected chi connectivity index (χ2v) is 7.02. The molecule has 0 bridgehead atoms. The van der Waals surface area contributed by atoms with Gasteiger partial charge in [-0.25, -0.2) is 0 Å². The van der Waals surface area contributed by atoms with E-state index >= 15 is 0 Å². The molecule has 122 valence electrons. The Hall–Kier alpha value is -1.34. The fourth-order valence-electron chi connectivity index (χ4n) is 3.03. The molecule has 0 heterocycles. The lowest BCUT2D eigenvalue weighted by atomic mass is 9.67. The van der Waals surface area contributed by atoms with E-state index < -0.39 is 0 Å². The minimum atomic E-state index is 0.230. The third-order valence-corrected chi connectivity index (χ3v) is 4.54. The van der Waals surface area contributed by atoms with Gasteiger partial charge in [0.25, 0.3) is 0 Å². The SMILES string of the molecule is C/C=C(C)/C=C/C=C(C)/C=C/C1C(C)=CC(OC)CC1(C)C. The lowest BCUT2D eigenvalue weighted by Gasteiger charge is -2.39. The number of hydrogen-bond acceptors (Lipinski definition) is 1. The molecule has 0 fully saturated rings. The molecule has 0 aromatic heterocycles. The van der Waals surface area contributed by atoms with Gasteiger partial charge in [-0.1, -0.05) is 73.1 Å². The summed E-state index contributed by atoms with van der Waals surface area (Å²) in [5, 5.41) is 0. The molecule has 22 heavy (non-hydrogen) atoms. The second kappa shape index (κ2) is 8.33. The maximum Gasteiger partial charge on any atom is 0.0760 e. The van der Waals surface area contributed by atoms with Gasteiger partial charge in [0.05, 0.1) is 6.10 Å². The smallest absolute Gasteiger partial charge is 0.0760 e. The third-order valence-electron chi connectivity index (χ3n) is 4.54. The Morgan fingerprint density at radius 2 is 1.91 bits per heavy atom. The van der Waals surface area contributed by atoms with Gasteiger partial charge in [0.1, 0.15) is 0 Å². The number of allylic oxidation sites excluding steroid dienone is 9. The van der Waals surface area contributed by atoms with E-state index in [2.05, 4.69) is 84.1 Å². The van der Waals surface area contributed by atoms with Gasteiger partial charge in [-0.3, -0.25) is 0 Å². The van der Waals surface area contributed by atoms with Gasteiger partial charge in [0, 0.05) is 13.0 Å². The van der Waals surface area contributed by atoms with E-state index in [1.807, 2.05) is 0 Å². The molecule has 0 N–H and O–H groups in total. The highest BCUT2D eigenvalue weighted by Crippen LogP contribution is 2.42. The molecule has 2 atom stereocenters. The zero-order chi connectivity index (χ0) is 16.8. The topological polar surface area (TPSA) is 9.23 Å². The van der Waals surface area contributed by atoms with Crippen LogP contribution in [-0.2, 0) is 4.74 Å². The Morgan fingerprint density at radius 3 is 2.45 bits per heavy atom. The average Bonchev–Trinajstić information content (AvgIpc) is 2.45. The van der Waals surface area contributed by atoms with Crippen molar-refractivity contribution >= 4 is 0 Å². The van der Waals surface area contributed by atoms with Crippen LogP contribution in [0, 0.1) is 11.3 Å². The standard InChI is InChI=1S/C21H32O/c1-8-16(2)10-9-11-17(3)12-13-20-18(4)14-19(22-7)15-21(20,5)6/h8-14,19-20H,15H2,1-7H3/b10-9+,13-12+,16-8+,17-11+. The van der Waals surface area contributed by atoms with Crippen molar-refractivity contribution in [3.05, 3.63) is 59.3 Å². The van der Waals surface area contributed by atoms with Gasteiger partial charge in [0.2, 0.25) is 0 Å². The van der Waals surface area contributed by atoms with Crippen LogP contribution in [0.5, 0.6) is 0 Å². The average molecular weight is 300 g/mol. The van der Waals surface area contributed by atoms with E-state index in [-0.39, 0.29) is 11.5 Å². The molecule has 0 amide bonds. The van der Waals surface area contributed by atoms with Crippen molar-refractivity contribution in [1.29, 1.82) is 0 Å². The highest BCUT2D eigenvalue weighted by atomic mass is 16.5. The lowest BCUT2D eigenvalue weighted by Crippen LogP contribution is -2.33. The number of hydrogen-bond donors (Lipinski definition) is 0. The molecule has 0 saturated heterocycles. The van der Waals surface area contributed by atoms with Crippen LogP contribution in [0.25, 0.3) is 0 Å². The molecule has 1 aliphatic rings. The lowest BCUT2D eigenvalue weighted by molar-refractivity contribution is 0.0729. The number of rotatable bonds is 5. The van der Waals surface area contributed by atoms with Crippen LogP contribution in [0.1, 0.15) is 48.0 Å². The molecular formula is C21H32O. The molecule has 1 nitrogen and oxygen atoms in total. The molecule has 0 aromatic carbocycles. The Morgan fingerprint density at radius 1 is 1.23 bits per heavy atom. The second-order valence-electron chi connectivity index (χ2n) is 7.02. The molecule has 2 unspecified atom stereocenters. The third kappa shape index (κ3) is 5.46. The summed E-state index contributed by atoms with van der Waals surface area (Å²) >= 11 is 0. The summed E-state index contributed by atoms with van der Waals surface area (Å²) in [7, 11) is 1.80. The summed E-state index contributed by atoms with van der Waals surface area (Å²) in [4.78, 5) is 0. The molecular weight excluding hydrogens is 268 g/mol. The van der Waals surface area contributed by atoms with Crippen molar-refractivity contribution in [3.63, 3.8) is 0 Å². The zero-order valence-electron chi connectivity index (χ0n) is 15.3. The fraction of sp³-hybridized carbons (Fsp3) is 0.524. The van der Waals surface area contributed by atoms with Gasteiger partial charge in [0.15, 0.2) is 0 Å². The molecule has 1 rings (SSSR count). The van der Waals surface area contributed by atoms with Gasteiger partial charge in [-0.05, 0) is 39.5 Å². The monoisotopic (exact) mass is 300 g/mol. The van der Waals surface area contributed by atoms with E-state index in [0.29, 0.717) is 5.92 Å². The van der Waals surface area contributed by atoms with Crippen molar-refractivity contribution in [3.8, 4) is 0 Å². The Bertz CT molecular complexity index is 512. The van der Waals surface area contributed by atoms with Crippen LogP contribution in [0.4, 0.5) is 0 Å². The van der Waals surface area contributed by atoms with Crippen molar-refractivity contribution in [2.75, 3.05) is 7.11 Å². The summed E-state index contributed by atoms with van der Waals surface area (Å²) < 4.78 is 5.53. The number of ether oxygens (including phenoxy) is 1. The zero-order valence-corrected chi connectivity index (χ0v) is 15.3. The van der Waals surface area contributed by atoms with Gasteiger partial charge >= 0.3 is 0 Å². The van der Waals surface area contributed by atoms with E-state index in [1.54, 1.807) is 7.11 Å². The van der Waals surface area contributed by atoms with E-state index in [1.165, 1.54) is 16.7 Å². The van der Waals surface area contributed by atoms with Crippen LogP contribution in [-0.4, -0.2) is 13.2 Å². The van der Waals surface area contributed by atoms with E-state index in [4.69, 9.17) is 4.74 Å². The minimum Gasteiger partial charge on any atom is -0.377 e. The molecule has 0 aromatic rings. The summed E-state index contributed by atoms with van der Waals surface area (Å²) in [5.41, 5.74) is 4.20. The Kier molecular flexibility index (Phi) is 7.09. The van der Waals surface area contributed by atoms with Crippen LogP contribution in [0.2, 0.25) is 0 Å². The molecule has 0 radical (unpaired) electrons. The van der Waals surface area contributed by atoms with Gasteiger partial charge < -0.3 is 4.74 Å². The molecule has 0 spiro atoms. The first kappa shape index (κ1) is 18.7. The van der Waals surface area contributed by atoms with Crippen LogP contribution in [0.15, 0.2) is 59.3 Å². The summed E-state index contributed by atoms with van der Waals surface area (Å²) in [6.07, 6.45) is 16.7. The van der Waals surface area contributed by atoms with Gasteiger partial charge in [-0.2, -0.15) is 0 Å². The van der Waals surface area contributed by atoms with Crippen LogP contribution in [0.3, 0.4) is 0 Å². The predicted octanol–water partition coefficient (Wildman–Crippen LogP) is 6.02. The number of methoxy groups -OCH3 is 1. The van der Waals surface area contributed by atoms with Crippen molar-refractivity contribution in [2.45, 2.75) is 54.1 Å². The highest BCUT2D eigenvalue weighted by molar-refractivity contribution is 5.29. The Balaban J connectivity index is 2.84. The van der Waals surface area contributed by atoms with Gasteiger partial charge in [-0.15, -0.1) is 0 Å². The fourth-order valence-corrected chi connectivity index (χ4v) is 3.03. The maximum atomic E-state index is 5.53. The predicted molar refractivity (Wildman–Crippen MR) is 97.9 cm³/mol. The van der Waals surface area contributed by atoms with Crippen molar-refractivity contribution in [2.24, 2.45) is 11.3 Å². The summed E-state index contributed by atoms with van der Waals surface area (Å²) in [5.74, 6) is 0.475. The van der Waals surface area contributed by atoms with E-state index in [0.717, 1.165) is 6.42 Å². The van der Waals surface area contributed by atoms with Crippen molar-refractivity contribution in [1.82, 2.24) is 0 Å². The highest BCUT2D eigenvalue weighted by Gasteiger charge is 2.35. The Labute approximate surface area is 137 Å². The maximum absolute atomic E-state index is 5.53. The normalized spacial score (nSPS) is 26.8. The molecule has 1 aliphatic carbocycles. The van der Waals surface area contributed by atoms with E-state index in [9.17, 15) is 0 Å². The molecule has 1 heteroatoms. The first-order valence-electron chi connectivity index (χ1n) is 8.17. The first-order valence-corrected chi connectivity index (χ1v) is 8.17. The summed E-state index contributed by atoms with van der Waals surface area (Å²) in [6, 6.07) is 0. The van der Waals surface area contributed by atoms with Crippen LogP contribution >= 0.6 is 0 Å². The van der Waals surface area contributed by atoms with Crippen molar-refractivity contribution < 1.29 is 4.74 Å². The van der Waals surface area contributed by atoms with Crippen LogP contribution < -0.4 is 0 Å². The molecule has 0 saturated carbocycles.